The minimum atomic E-state index is 0.256. The van der Waals surface area contributed by atoms with E-state index in [1.54, 1.807) is 0 Å². The van der Waals surface area contributed by atoms with Crippen LogP contribution in [0.1, 0.15) is 33.6 Å². The molecule has 1 N–H and O–H groups in total. The largest absolute Gasteiger partial charge is 0.396 e. The van der Waals surface area contributed by atoms with Gasteiger partial charge in [0.15, 0.2) is 0 Å². The van der Waals surface area contributed by atoms with E-state index in [1.807, 2.05) is 25.7 Å². The van der Waals surface area contributed by atoms with Gasteiger partial charge >= 0.3 is 0 Å². The Balaban J connectivity index is 0.00000106. The van der Waals surface area contributed by atoms with E-state index in [9.17, 15) is 4.79 Å². The van der Waals surface area contributed by atoms with Gasteiger partial charge in [0.2, 0.25) is 5.91 Å². The van der Waals surface area contributed by atoms with Crippen molar-refractivity contribution in [1.82, 2.24) is 9.80 Å². The minimum Gasteiger partial charge on any atom is -0.396 e. The van der Waals surface area contributed by atoms with Crippen molar-refractivity contribution in [2.45, 2.75) is 33.6 Å². The Morgan fingerprint density at radius 3 is 2.19 bits per heavy atom. The molecule has 1 heterocycles. The van der Waals surface area contributed by atoms with Crippen molar-refractivity contribution in [1.29, 1.82) is 0 Å². The van der Waals surface area contributed by atoms with Crippen molar-refractivity contribution in [2.75, 3.05) is 39.3 Å². The Morgan fingerprint density at radius 1 is 1.19 bits per heavy atom. The zero-order chi connectivity index (χ0) is 12.4. The fourth-order valence-electron chi connectivity index (χ4n) is 1.74. The third kappa shape index (κ3) is 5.47. The van der Waals surface area contributed by atoms with Gasteiger partial charge in [-0.2, -0.15) is 0 Å². The number of carbonyl (C=O) groups excluding carboxylic acids is 1. The summed E-state index contributed by atoms with van der Waals surface area (Å²) < 4.78 is 0. The van der Waals surface area contributed by atoms with Gasteiger partial charge in [-0.1, -0.05) is 20.8 Å². The topological polar surface area (TPSA) is 43.8 Å². The number of rotatable bonds is 4. The monoisotopic (exact) mass is 230 g/mol. The van der Waals surface area contributed by atoms with Gasteiger partial charge in [0.25, 0.3) is 0 Å². The van der Waals surface area contributed by atoms with Crippen LogP contribution in [0.3, 0.4) is 0 Å². The molecule has 0 aliphatic carbocycles. The van der Waals surface area contributed by atoms with Crippen LogP contribution in [0.2, 0.25) is 0 Å². The normalized spacial score (nSPS) is 16.6. The molecule has 1 rings (SSSR count). The van der Waals surface area contributed by atoms with E-state index in [4.69, 9.17) is 5.11 Å². The van der Waals surface area contributed by atoms with Crippen molar-refractivity contribution in [3.05, 3.63) is 0 Å². The third-order valence-electron chi connectivity index (χ3n) is 2.66. The highest BCUT2D eigenvalue weighted by molar-refractivity contribution is 5.75. The van der Waals surface area contributed by atoms with Crippen LogP contribution in [0.15, 0.2) is 0 Å². The fraction of sp³-hybridized carbons (Fsp3) is 0.917. The molecule has 0 aromatic heterocycles. The van der Waals surface area contributed by atoms with Crippen LogP contribution in [0, 0.1) is 0 Å². The highest BCUT2D eigenvalue weighted by Crippen LogP contribution is 2.03. The van der Waals surface area contributed by atoms with Crippen molar-refractivity contribution >= 4 is 5.91 Å². The summed E-state index contributed by atoms with van der Waals surface area (Å²) in [7, 11) is 0. The smallest absolute Gasteiger partial charge is 0.222 e. The van der Waals surface area contributed by atoms with Crippen molar-refractivity contribution in [3.8, 4) is 0 Å². The molecule has 0 radical (unpaired) electrons. The van der Waals surface area contributed by atoms with Crippen LogP contribution in [-0.2, 0) is 4.79 Å². The molecule has 0 aromatic carbocycles. The minimum absolute atomic E-state index is 0.256. The zero-order valence-corrected chi connectivity index (χ0v) is 10.9. The summed E-state index contributed by atoms with van der Waals surface area (Å²) in [5.74, 6) is 0.256. The maximum atomic E-state index is 11.4. The molecule has 1 amide bonds. The van der Waals surface area contributed by atoms with Crippen molar-refractivity contribution in [3.63, 3.8) is 0 Å². The molecule has 4 nitrogen and oxygen atoms in total. The first kappa shape index (κ1) is 15.4. The molecule has 96 valence electrons. The lowest BCUT2D eigenvalue weighted by Crippen LogP contribution is -2.48. The molecule has 16 heavy (non-hydrogen) atoms. The number of piperazine rings is 1. The second-order valence-electron chi connectivity index (χ2n) is 3.65. The third-order valence-corrected chi connectivity index (χ3v) is 2.66. The standard InChI is InChI=1S/C10H20N2O2.C2H6/c1-2-10(14)12-7-5-11(6-8-12)4-3-9-13;1-2/h13H,2-9H2,1H3;1-2H3. The number of aliphatic hydroxyl groups excluding tert-OH is 1. The Morgan fingerprint density at radius 2 is 1.75 bits per heavy atom. The van der Waals surface area contributed by atoms with Crippen LogP contribution in [0.5, 0.6) is 0 Å². The molecule has 0 spiro atoms. The van der Waals surface area contributed by atoms with Gasteiger partial charge in [-0.25, -0.2) is 0 Å². The predicted molar refractivity (Wildman–Crippen MR) is 66.4 cm³/mol. The van der Waals surface area contributed by atoms with Crippen LogP contribution in [0.4, 0.5) is 0 Å². The summed E-state index contributed by atoms with van der Waals surface area (Å²) in [4.78, 5) is 15.6. The molecular formula is C12H26N2O2. The second kappa shape index (κ2) is 9.60. The van der Waals surface area contributed by atoms with Crippen LogP contribution in [0.25, 0.3) is 0 Å². The predicted octanol–water partition coefficient (Wildman–Crippen LogP) is 0.949. The molecule has 1 aliphatic heterocycles. The van der Waals surface area contributed by atoms with Crippen molar-refractivity contribution in [2.24, 2.45) is 0 Å². The molecule has 0 saturated carbocycles. The quantitative estimate of drug-likeness (QED) is 0.782. The number of carbonyl (C=O) groups is 1. The van der Waals surface area contributed by atoms with E-state index < -0.39 is 0 Å². The number of amides is 1. The van der Waals surface area contributed by atoms with E-state index in [1.165, 1.54) is 0 Å². The van der Waals surface area contributed by atoms with Gasteiger partial charge in [-0.05, 0) is 6.42 Å². The first-order valence-electron chi connectivity index (χ1n) is 6.39. The Kier molecular flexibility index (Phi) is 9.24. The number of hydrogen-bond donors (Lipinski definition) is 1. The summed E-state index contributed by atoms with van der Waals surface area (Å²) in [6.07, 6.45) is 1.44. The molecule has 1 aliphatic rings. The lowest BCUT2D eigenvalue weighted by Gasteiger charge is -2.34. The summed E-state index contributed by atoms with van der Waals surface area (Å²) in [6.45, 7) is 10.7. The number of aliphatic hydroxyl groups is 1. The molecular weight excluding hydrogens is 204 g/mol. The van der Waals surface area contributed by atoms with Gasteiger partial charge in [0.05, 0.1) is 0 Å². The van der Waals surface area contributed by atoms with Gasteiger partial charge in [0.1, 0.15) is 0 Å². The van der Waals surface area contributed by atoms with E-state index >= 15 is 0 Å². The molecule has 1 saturated heterocycles. The lowest BCUT2D eigenvalue weighted by atomic mass is 10.2. The van der Waals surface area contributed by atoms with E-state index in [0.717, 1.165) is 39.1 Å². The fourth-order valence-corrected chi connectivity index (χ4v) is 1.74. The van der Waals surface area contributed by atoms with E-state index in [-0.39, 0.29) is 12.5 Å². The molecule has 0 unspecified atom stereocenters. The molecule has 4 heteroatoms. The van der Waals surface area contributed by atoms with Gasteiger partial charge in [0, 0.05) is 45.8 Å². The zero-order valence-electron chi connectivity index (χ0n) is 10.9. The average Bonchev–Trinajstić information content (AvgIpc) is 2.38. The van der Waals surface area contributed by atoms with Gasteiger partial charge in [-0.15, -0.1) is 0 Å². The Labute approximate surface area is 99.2 Å². The van der Waals surface area contributed by atoms with Gasteiger partial charge in [-0.3, -0.25) is 9.69 Å². The number of hydrogen-bond acceptors (Lipinski definition) is 3. The summed E-state index contributed by atoms with van der Waals surface area (Å²) in [6, 6.07) is 0. The second-order valence-corrected chi connectivity index (χ2v) is 3.65. The molecule has 1 fully saturated rings. The highest BCUT2D eigenvalue weighted by Gasteiger charge is 2.18. The van der Waals surface area contributed by atoms with E-state index in [0.29, 0.717) is 6.42 Å². The maximum Gasteiger partial charge on any atom is 0.222 e. The first-order valence-corrected chi connectivity index (χ1v) is 6.39. The molecule has 0 atom stereocenters. The molecule has 0 aromatic rings. The lowest BCUT2D eigenvalue weighted by molar-refractivity contribution is -0.132. The van der Waals surface area contributed by atoms with Crippen LogP contribution >= 0.6 is 0 Å². The van der Waals surface area contributed by atoms with E-state index in [2.05, 4.69) is 4.90 Å². The first-order chi connectivity index (χ1) is 7.77. The Bertz CT molecular complexity index is 178. The Hall–Kier alpha value is -0.610. The maximum absolute atomic E-state index is 11.4. The SMILES string of the molecule is CC.CCC(=O)N1CCN(CCCO)CC1. The molecule has 0 bridgehead atoms. The summed E-state index contributed by atoms with van der Waals surface area (Å²) in [5, 5.41) is 8.68. The number of nitrogens with zero attached hydrogens (tertiary/aromatic N) is 2. The van der Waals surface area contributed by atoms with Gasteiger partial charge < -0.3 is 10.0 Å². The van der Waals surface area contributed by atoms with Crippen molar-refractivity contribution < 1.29 is 9.90 Å². The summed E-state index contributed by atoms with van der Waals surface area (Å²) >= 11 is 0. The van der Waals surface area contributed by atoms with Crippen LogP contribution in [-0.4, -0.2) is 60.1 Å². The summed E-state index contributed by atoms with van der Waals surface area (Å²) in [5.41, 5.74) is 0. The average molecular weight is 230 g/mol. The van der Waals surface area contributed by atoms with Crippen LogP contribution < -0.4 is 0 Å². The highest BCUT2D eigenvalue weighted by atomic mass is 16.3.